The predicted molar refractivity (Wildman–Crippen MR) is 210 cm³/mol. The monoisotopic (exact) mass is 748 g/mol. The molecule has 4 aromatic carbocycles. The molecule has 1 unspecified atom stereocenters. The molecule has 0 fully saturated rings. The number of methoxy groups -OCH3 is 1. The van der Waals surface area contributed by atoms with Crippen molar-refractivity contribution in [1.29, 1.82) is 0 Å². The number of nitro groups is 1. The smallest absolute Gasteiger partial charge is 0.338 e. The molecule has 1 atom stereocenters. The second kappa shape index (κ2) is 19.4. The molecule has 0 aliphatic heterocycles. The topological polar surface area (TPSA) is 187 Å². The van der Waals surface area contributed by atoms with E-state index in [1.54, 1.807) is 55.6 Å². The van der Waals surface area contributed by atoms with Crippen LogP contribution in [0.1, 0.15) is 78.2 Å². The Morgan fingerprint density at radius 1 is 0.855 bits per heavy atom. The molecule has 0 aliphatic rings. The van der Waals surface area contributed by atoms with Gasteiger partial charge in [0.1, 0.15) is 30.4 Å². The molecule has 286 valence electrons. The first-order valence-electron chi connectivity index (χ1n) is 18.0. The number of hydrogen-bond acceptors (Lipinski definition) is 10. The number of nitrogens with one attached hydrogen (secondary N) is 4. The molecule has 1 heterocycles. The van der Waals surface area contributed by atoms with Crippen LogP contribution in [0, 0.1) is 10.1 Å². The van der Waals surface area contributed by atoms with Gasteiger partial charge in [0, 0.05) is 30.3 Å². The number of unbranched alkanes of at least 4 members (excludes halogenated alkanes) is 1. The molecule has 0 bridgehead atoms. The Morgan fingerprint density at radius 2 is 1.53 bits per heavy atom. The highest BCUT2D eigenvalue weighted by Gasteiger charge is 2.19. The summed E-state index contributed by atoms with van der Waals surface area (Å²) >= 11 is 0. The van der Waals surface area contributed by atoms with Gasteiger partial charge in [-0.2, -0.15) is 0 Å². The number of rotatable bonds is 18. The highest BCUT2D eigenvalue weighted by molar-refractivity contribution is 5.98. The zero-order valence-electron chi connectivity index (χ0n) is 30.9. The van der Waals surface area contributed by atoms with Crippen LogP contribution in [-0.4, -0.2) is 34.0 Å². The summed E-state index contributed by atoms with van der Waals surface area (Å²) in [6.45, 7) is 4.74. The molecule has 5 aromatic rings. The number of ether oxygens (including phenoxy) is 3. The minimum Gasteiger partial charge on any atom is -0.497 e. The summed E-state index contributed by atoms with van der Waals surface area (Å²) in [5.41, 5.74) is 3.45. The lowest BCUT2D eigenvalue weighted by atomic mass is 9.96. The first-order valence-corrected chi connectivity index (χ1v) is 18.0. The summed E-state index contributed by atoms with van der Waals surface area (Å²) in [5.74, 6) is 0.849. The molecular formula is C41H44N6O8. The lowest BCUT2D eigenvalue weighted by molar-refractivity contribution is -0.384. The number of H-pyrrole nitrogens is 1. The van der Waals surface area contributed by atoms with Gasteiger partial charge >= 0.3 is 12.0 Å². The third-order valence-electron chi connectivity index (χ3n) is 8.79. The number of urea groups is 1. The van der Waals surface area contributed by atoms with Gasteiger partial charge in [0.25, 0.3) is 11.2 Å². The highest BCUT2D eigenvalue weighted by atomic mass is 16.6. The molecule has 2 amide bonds. The third kappa shape index (κ3) is 11.6. The molecule has 14 nitrogen and oxygen atoms in total. The van der Waals surface area contributed by atoms with Gasteiger partial charge in [-0.05, 0) is 78.1 Å². The number of anilines is 3. The normalized spacial score (nSPS) is 11.3. The van der Waals surface area contributed by atoms with Crippen LogP contribution in [0.3, 0.4) is 0 Å². The lowest BCUT2D eigenvalue weighted by Crippen LogP contribution is -2.24. The number of carbonyl (C=O) groups excluding carboxylic acids is 2. The van der Waals surface area contributed by atoms with Gasteiger partial charge in [0.05, 0.1) is 23.3 Å². The van der Waals surface area contributed by atoms with Crippen LogP contribution in [-0.2, 0) is 24.5 Å². The highest BCUT2D eigenvalue weighted by Crippen LogP contribution is 2.28. The van der Waals surface area contributed by atoms with E-state index in [0.29, 0.717) is 35.0 Å². The van der Waals surface area contributed by atoms with E-state index in [9.17, 15) is 24.5 Å². The average molecular weight is 749 g/mol. The molecule has 14 heteroatoms. The first-order chi connectivity index (χ1) is 26.6. The third-order valence-corrected chi connectivity index (χ3v) is 8.79. The minimum atomic E-state index is -0.690. The van der Waals surface area contributed by atoms with Crippen molar-refractivity contribution in [3.05, 3.63) is 145 Å². The molecule has 0 saturated heterocycles. The fraction of sp³-hybridized carbons (Fsp3) is 0.268. The van der Waals surface area contributed by atoms with Gasteiger partial charge in [-0.1, -0.05) is 63.1 Å². The fourth-order valence-electron chi connectivity index (χ4n) is 5.69. The zero-order chi connectivity index (χ0) is 39.2. The van der Waals surface area contributed by atoms with Crippen molar-refractivity contribution in [1.82, 2.24) is 9.97 Å². The fourth-order valence-corrected chi connectivity index (χ4v) is 5.69. The molecule has 0 aliphatic carbocycles. The molecule has 0 saturated carbocycles. The Hall–Kier alpha value is -6.70. The summed E-state index contributed by atoms with van der Waals surface area (Å²) in [5, 5.41) is 20.2. The standard InChI is InChI=1S/C41H44N6O8/c1-4-6-7-30(5-2)36-23-38(48)45-40(44-36)46-41(50)43-32-15-8-28(9-16-32)25-54-34-19-12-29(13-20-34)26-55-39(49)31-14-21-35(37(22-31)47(51)52)42-24-27-10-17-33(53-3)18-11-27/h8-23,30,42H,4-7,24-26H2,1-3H3,(H3,43,44,45,46,48,50). The van der Waals surface area contributed by atoms with Gasteiger partial charge < -0.3 is 24.8 Å². The van der Waals surface area contributed by atoms with Crippen molar-refractivity contribution in [2.24, 2.45) is 0 Å². The van der Waals surface area contributed by atoms with E-state index >= 15 is 0 Å². The minimum absolute atomic E-state index is 0.0395. The van der Waals surface area contributed by atoms with Gasteiger partial charge in [-0.3, -0.25) is 25.2 Å². The second-order valence-corrected chi connectivity index (χ2v) is 12.7. The number of esters is 1. The second-order valence-electron chi connectivity index (χ2n) is 12.7. The molecule has 0 spiro atoms. The van der Waals surface area contributed by atoms with Gasteiger partial charge in [0.15, 0.2) is 0 Å². The summed E-state index contributed by atoms with van der Waals surface area (Å²) in [7, 11) is 1.58. The van der Waals surface area contributed by atoms with Crippen LogP contribution in [0.5, 0.6) is 11.5 Å². The Balaban J connectivity index is 1.07. The lowest BCUT2D eigenvalue weighted by Gasteiger charge is -2.15. The number of nitro benzene ring substituents is 1. The van der Waals surface area contributed by atoms with Crippen molar-refractivity contribution in [3.8, 4) is 11.5 Å². The van der Waals surface area contributed by atoms with Crippen LogP contribution in [0.4, 0.5) is 27.8 Å². The summed E-state index contributed by atoms with van der Waals surface area (Å²) in [4.78, 5) is 56.0. The van der Waals surface area contributed by atoms with Crippen LogP contribution in [0.15, 0.2) is 102 Å². The number of aromatic amines is 1. The maximum absolute atomic E-state index is 12.8. The molecular weight excluding hydrogens is 704 g/mol. The van der Waals surface area contributed by atoms with Gasteiger partial charge in [-0.25, -0.2) is 14.6 Å². The predicted octanol–water partition coefficient (Wildman–Crippen LogP) is 8.56. The van der Waals surface area contributed by atoms with Crippen molar-refractivity contribution < 1.29 is 28.7 Å². The van der Waals surface area contributed by atoms with E-state index in [1.165, 1.54) is 24.3 Å². The number of hydrogen-bond donors (Lipinski definition) is 4. The van der Waals surface area contributed by atoms with Crippen molar-refractivity contribution in [2.45, 2.75) is 65.2 Å². The molecule has 5 rings (SSSR count). The number of aromatic nitrogens is 2. The van der Waals surface area contributed by atoms with E-state index in [-0.39, 0.29) is 47.6 Å². The van der Waals surface area contributed by atoms with Crippen LogP contribution in [0.2, 0.25) is 0 Å². The quantitative estimate of drug-likeness (QED) is 0.0384. The SMILES string of the molecule is CCCCC(CC)c1cc(=O)[nH]c(NC(=O)Nc2ccc(COc3ccc(COC(=O)c4ccc(NCc5ccc(OC)cc5)c([N+](=O)[O-])c4)cc3)cc2)n1. The molecule has 1 aromatic heterocycles. The van der Waals surface area contributed by atoms with Crippen molar-refractivity contribution in [2.75, 3.05) is 23.1 Å². The van der Waals surface area contributed by atoms with E-state index in [1.807, 2.05) is 24.3 Å². The van der Waals surface area contributed by atoms with Gasteiger partial charge in [-0.15, -0.1) is 0 Å². The number of amides is 2. The maximum Gasteiger partial charge on any atom is 0.338 e. The summed E-state index contributed by atoms with van der Waals surface area (Å²) in [6.07, 6.45) is 3.86. The van der Waals surface area contributed by atoms with E-state index in [2.05, 4.69) is 39.8 Å². The van der Waals surface area contributed by atoms with Gasteiger partial charge in [0.2, 0.25) is 5.95 Å². The van der Waals surface area contributed by atoms with Crippen LogP contribution < -0.4 is 31.0 Å². The van der Waals surface area contributed by atoms with E-state index in [4.69, 9.17) is 14.2 Å². The number of benzene rings is 4. The Kier molecular flexibility index (Phi) is 13.9. The summed E-state index contributed by atoms with van der Waals surface area (Å²) < 4.78 is 16.5. The van der Waals surface area contributed by atoms with E-state index < -0.39 is 16.9 Å². The molecule has 4 N–H and O–H groups in total. The molecule has 0 radical (unpaired) electrons. The number of nitrogens with zero attached hydrogens (tertiary/aromatic N) is 2. The largest absolute Gasteiger partial charge is 0.497 e. The Morgan fingerprint density at radius 3 is 2.20 bits per heavy atom. The average Bonchev–Trinajstić information content (AvgIpc) is 3.19. The summed E-state index contributed by atoms with van der Waals surface area (Å²) in [6, 6.07) is 26.6. The van der Waals surface area contributed by atoms with Crippen molar-refractivity contribution >= 4 is 35.0 Å². The number of carbonyl (C=O) groups is 2. The Bertz CT molecular complexity index is 2120. The van der Waals surface area contributed by atoms with Crippen LogP contribution in [0.25, 0.3) is 0 Å². The van der Waals surface area contributed by atoms with Crippen molar-refractivity contribution in [3.63, 3.8) is 0 Å². The van der Waals surface area contributed by atoms with E-state index in [0.717, 1.165) is 36.8 Å². The zero-order valence-corrected chi connectivity index (χ0v) is 30.9. The maximum atomic E-state index is 12.8. The first kappa shape index (κ1) is 39.5. The molecule has 55 heavy (non-hydrogen) atoms. The van der Waals surface area contributed by atoms with Crippen LogP contribution >= 0.6 is 0 Å². The Labute approximate surface area is 318 Å².